The van der Waals surface area contributed by atoms with Crippen LogP contribution in [0.3, 0.4) is 0 Å². The molecule has 0 radical (unpaired) electrons. The van der Waals surface area contributed by atoms with E-state index in [1.165, 1.54) is 24.9 Å². The molecule has 1 aromatic carbocycles. The Morgan fingerprint density at radius 3 is 2.31 bits per heavy atom. The lowest BCUT2D eigenvalue weighted by molar-refractivity contribution is 0.00991. The predicted octanol–water partition coefficient (Wildman–Crippen LogP) is 7.74. The number of benzene rings is 1. The highest BCUT2D eigenvalue weighted by Crippen LogP contribution is 2.29. The van der Waals surface area contributed by atoms with E-state index in [1.54, 1.807) is 15.8 Å². The largest absolute Gasteiger partial charge is 0.465 e. The van der Waals surface area contributed by atoms with Crippen LogP contribution in [0.2, 0.25) is 0 Å². The van der Waals surface area contributed by atoms with E-state index >= 15 is 0 Å². The summed E-state index contributed by atoms with van der Waals surface area (Å²) in [7, 11) is 1.38. The number of hydrogen-bond donors (Lipinski definition) is 2. The number of aromatic nitrogens is 6. The topological polar surface area (TPSA) is 182 Å². The van der Waals surface area contributed by atoms with E-state index < -0.39 is 11.2 Å². The number of ether oxygens (including phenoxy) is 3. The average Bonchev–Trinajstić information content (AvgIpc) is 3.90. The van der Waals surface area contributed by atoms with E-state index in [2.05, 4.69) is 30.8 Å². The maximum absolute atomic E-state index is 13.4. The van der Waals surface area contributed by atoms with Gasteiger partial charge < -0.3 is 39.5 Å². The van der Waals surface area contributed by atoms with Crippen molar-refractivity contribution in [1.29, 1.82) is 0 Å². The fourth-order valence-corrected chi connectivity index (χ4v) is 8.48. The number of nitrogens with zero attached hydrogens (tertiary/aromatic N) is 9. The van der Waals surface area contributed by atoms with Crippen LogP contribution in [-0.4, -0.2) is 121 Å². The molecule has 1 aliphatic heterocycles. The Morgan fingerprint density at radius 2 is 1.59 bits per heavy atom. The third-order valence-corrected chi connectivity index (χ3v) is 11.6. The zero-order valence-electron chi connectivity index (χ0n) is 36.8. The molecule has 4 heterocycles. The second-order valence-corrected chi connectivity index (χ2v) is 18.8. The third-order valence-electron chi connectivity index (χ3n) is 10.5. The van der Waals surface area contributed by atoms with Crippen LogP contribution in [-0.2, 0) is 27.3 Å². The summed E-state index contributed by atoms with van der Waals surface area (Å²) in [6.07, 6.45) is 11.1. The number of methoxy groups -OCH3 is 1. The monoisotopic (exact) mass is 861 g/mol. The summed E-state index contributed by atoms with van der Waals surface area (Å²) in [6, 6.07) is 8.29. The van der Waals surface area contributed by atoms with Crippen molar-refractivity contribution in [1.82, 2.24) is 39.7 Å². The number of carbonyl (C=O) groups is 3. The fourth-order valence-electron chi connectivity index (χ4n) is 7.59. The molecule has 1 aliphatic carbocycles. The summed E-state index contributed by atoms with van der Waals surface area (Å²) >= 11 is 1.35. The first kappa shape index (κ1) is 45.3. The lowest BCUT2D eigenvalue weighted by Crippen LogP contribution is -2.46. The van der Waals surface area contributed by atoms with Crippen molar-refractivity contribution in [2.24, 2.45) is 0 Å². The number of rotatable bonds is 16. The van der Waals surface area contributed by atoms with Gasteiger partial charge in [-0.1, -0.05) is 47.9 Å². The number of hydrogen-bond acceptors (Lipinski definition) is 15. The van der Waals surface area contributed by atoms with E-state index in [4.69, 9.17) is 24.2 Å². The first-order chi connectivity index (χ1) is 29.1. The zero-order valence-corrected chi connectivity index (χ0v) is 37.6. The highest BCUT2D eigenvalue weighted by atomic mass is 32.1. The predicted molar refractivity (Wildman–Crippen MR) is 236 cm³/mol. The minimum absolute atomic E-state index is 0.150. The first-order valence-electron chi connectivity index (χ1n) is 21.6. The minimum Gasteiger partial charge on any atom is -0.465 e. The van der Waals surface area contributed by atoms with Gasteiger partial charge in [-0.3, -0.25) is 4.68 Å². The maximum Gasteiger partial charge on any atom is 0.410 e. The molecule has 2 N–H and O–H groups in total. The van der Waals surface area contributed by atoms with Crippen LogP contribution in [0, 0.1) is 0 Å². The number of thiazole rings is 1. The molecule has 0 unspecified atom stereocenters. The number of fused-ring (bicyclic) bond motifs is 1. The van der Waals surface area contributed by atoms with Crippen molar-refractivity contribution in [3.8, 4) is 0 Å². The third kappa shape index (κ3) is 13.4. The molecule has 0 atom stereocenters. The molecule has 18 heteroatoms. The Hall–Kier alpha value is -5.26. The quantitative estimate of drug-likeness (QED) is 0.0824. The van der Waals surface area contributed by atoms with Crippen molar-refractivity contribution in [2.45, 2.75) is 136 Å². The Labute approximate surface area is 362 Å². The van der Waals surface area contributed by atoms with Gasteiger partial charge in [0.2, 0.25) is 5.95 Å². The molecule has 3 aromatic heterocycles. The van der Waals surface area contributed by atoms with E-state index in [0.29, 0.717) is 56.4 Å². The van der Waals surface area contributed by atoms with E-state index in [-0.39, 0.29) is 30.2 Å². The van der Waals surface area contributed by atoms with Crippen molar-refractivity contribution < 1.29 is 28.6 Å². The Balaban J connectivity index is 1.02. The summed E-state index contributed by atoms with van der Waals surface area (Å²) in [4.78, 5) is 59.0. The standard InChI is InChI=1S/C43H63N11O6S/c1-42(2,3)59-40(56)52(22-14-24-54(32-15-9-8-10-16-32)41(57)60-43(4,5)6)21-13-23-53-29-31(49-50-53)27-44-38-47-34-18-12-11-17-33(34)36(48-38)46-30-19-25-51(26-20-30)39-45-28-35(61-39)37(55)58-7/h11-12,17-18,28-30,32H,8-10,13-16,19-27H2,1-7H3,(H2,44,46,47,48). The van der Waals surface area contributed by atoms with Gasteiger partial charge >= 0.3 is 18.2 Å². The van der Waals surface area contributed by atoms with Crippen molar-refractivity contribution in [2.75, 3.05) is 55.4 Å². The molecule has 4 aromatic rings. The van der Waals surface area contributed by atoms with Crippen LogP contribution < -0.4 is 15.5 Å². The van der Waals surface area contributed by atoms with E-state index in [0.717, 1.165) is 79.2 Å². The van der Waals surface area contributed by atoms with Gasteiger partial charge in [0.15, 0.2) is 5.13 Å². The zero-order chi connectivity index (χ0) is 43.6. The molecule has 6 rings (SSSR count). The fraction of sp³-hybridized carbons (Fsp3) is 0.628. The summed E-state index contributed by atoms with van der Waals surface area (Å²) < 4.78 is 18.2. The number of nitrogens with one attached hydrogen (secondary N) is 2. The highest BCUT2D eigenvalue weighted by molar-refractivity contribution is 7.17. The van der Waals surface area contributed by atoms with Crippen molar-refractivity contribution >= 4 is 57.3 Å². The Bertz CT molecular complexity index is 2060. The van der Waals surface area contributed by atoms with Crippen LogP contribution in [0.4, 0.5) is 26.5 Å². The lowest BCUT2D eigenvalue weighted by Gasteiger charge is -2.36. The highest BCUT2D eigenvalue weighted by Gasteiger charge is 2.30. The molecule has 2 aliphatic rings. The number of aryl methyl sites for hydroxylation is 1. The molecule has 0 spiro atoms. The lowest BCUT2D eigenvalue weighted by atomic mass is 9.94. The molecular formula is C43H63N11O6S. The minimum atomic E-state index is -0.640. The number of carbonyl (C=O) groups excluding carboxylic acids is 3. The van der Waals surface area contributed by atoms with Gasteiger partial charge in [-0.05, 0) is 92.2 Å². The van der Waals surface area contributed by atoms with Crippen LogP contribution in [0.5, 0.6) is 0 Å². The number of amides is 2. The van der Waals surface area contributed by atoms with E-state index in [9.17, 15) is 14.4 Å². The van der Waals surface area contributed by atoms with Gasteiger partial charge in [0, 0.05) is 56.7 Å². The summed E-state index contributed by atoms with van der Waals surface area (Å²) in [5.41, 5.74) is 0.326. The van der Waals surface area contributed by atoms with Crippen molar-refractivity contribution in [3.63, 3.8) is 0 Å². The smallest absolute Gasteiger partial charge is 0.410 e. The van der Waals surface area contributed by atoms with Crippen LogP contribution in [0.25, 0.3) is 10.9 Å². The molecule has 0 bridgehead atoms. The first-order valence-corrected chi connectivity index (χ1v) is 22.4. The van der Waals surface area contributed by atoms with Gasteiger partial charge in [-0.25, -0.2) is 24.4 Å². The van der Waals surface area contributed by atoms with Crippen LogP contribution in [0.1, 0.15) is 115 Å². The van der Waals surface area contributed by atoms with Crippen LogP contribution in [0.15, 0.2) is 36.7 Å². The molecule has 61 heavy (non-hydrogen) atoms. The van der Waals surface area contributed by atoms with Crippen LogP contribution >= 0.6 is 11.3 Å². The summed E-state index contributed by atoms with van der Waals surface area (Å²) in [6.45, 7) is 15.2. The average molecular weight is 862 g/mol. The summed E-state index contributed by atoms with van der Waals surface area (Å²) in [5, 5.41) is 17.5. The number of piperidine rings is 1. The van der Waals surface area contributed by atoms with Gasteiger partial charge in [-0.15, -0.1) is 5.10 Å². The van der Waals surface area contributed by atoms with Gasteiger partial charge in [-0.2, -0.15) is 4.98 Å². The number of esters is 1. The maximum atomic E-state index is 13.4. The normalized spacial score (nSPS) is 15.4. The molecule has 1 saturated heterocycles. The SMILES string of the molecule is COC(=O)c1cnc(N2CCC(Nc3nc(NCc4cn(CCCN(CCCN(C(=O)OC(C)(C)C)C5CCCCC5)C(=O)OC(C)(C)C)nn4)nc4ccccc34)CC2)s1. The number of anilines is 3. The molecule has 1 saturated carbocycles. The molecular weight excluding hydrogens is 799 g/mol. The van der Waals surface area contributed by atoms with Gasteiger partial charge in [0.05, 0.1) is 31.6 Å². The van der Waals surface area contributed by atoms with Gasteiger partial charge in [0.25, 0.3) is 0 Å². The Morgan fingerprint density at radius 1 is 0.885 bits per heavy atom. The summed E-state index contributed by atoms with van der Waals surface area (Å²) in [5.74, 6) is 0.873. The number of para-hydroxylation sites is 1. The van der Waals surface area contributed by atoms with Gasteiger partial charge in [0.1, 0.15) is 27.6 Å². The second kappa shape index (κ2) is 20.5. The molecule has 2 fully saturated rings. The molecule has 17 nitrogen and oxygen atoms in total. The van der Waals surface area contributed by atoms with E-state index in [1.807, 2.05) is 76.9 Å². The molecule has 2 amide bonds. The second-order valence-electron chi connectivity index (χ2n) is 17.8. The molecule has 332 valence electrons. The Kier molecular flexibility index (Phi) is 15.2. The van der Waals surface area contributed by atoms with Crippen molar-refractivity contribution in [3.05, 3.63) is 47.2 Å².